The highest BCUT2D eigenvalue weighted by Gasteiger charge is 2.13. The standard InChI is InChI=1S/C14H16N4O5S/c1-7-8(2)24-12-11(7)13(21)18(6-16-12)4-3-10(20)23-5-9(19)17-14(15)22/h6H,3-5H2,1-2H3,(H3,15,17,19,22). The van der Waals surface area contributed by atoms with Crippen LogP contribution in [0.25, 0.3) is 10.2 Å². The highest BCUT2D eigenvalue weighted by atomic mass is 32.1. The van der Waals surface area contributed by atoms with Crippen LogP contribution in [0.15, 0.2) is 11.1 Å². The number of fused-ring (bicyclic) bond motifs is 1. The van der Waals surface area contributed by atoms with Gasteiger partial charge in [0.25, 0.3) is 11.5 Å². The number of carbonyl (C=O) groups excluding carboxylic acids is 3. The number of urea groups is 1. The van der Waals surface area contributed by atoms with Gasteiger partial charge in [0.15, 0.2) is 6.61 Å². The number of esters is 1. The first kappa shape index (κ1) is 17.6. The third kappa shape index (κ3) is 3.96. The topological polar surface area (TPSA) is 133 Å². The number of nitrogens with zero attached hydrogens (tertiary/aromatic N) is 2. The maximum Gasteiger partial charge on any atom is 0.318 e. The summed E-state index contributed by atoms with van der Waals surface area (Å²) in [6.07, 6.45) is 1.27. The number of ether oxygens (including phenoxy) is 1. The van der Waals surface area contributed by atoms with Crippen LogP contribution in [-0.4, -0.2) is 34.1 Å². The van der Waals surface area contributed by atoms with Gasteiger partial charge >= 0.3 is 12.0 Å². The predicted octanol–water partition coefficient (Wildman–Crippen LogP) is 0.203. The van der Waals surface area contributed by atoms with E-state index >= 15 is 0 Å². The summed E-state index contributed by atoms with van der Waals surface area (Å²) in [6.45, 7) is 3.23. The molecule has 0 aliphatic carbocycles. The monoisotopic (exact) mass is 352 g/mol. The number of imide groups is 1. The Morgan fingerprint density at radius 2 is 2.08 bits per heavy atom. The molecule has 0 spiro atoms. The van der Waals surface area contributed by atoms with E-state index in [9.17, 15) is 19.2 Å². The zero-order valence-electron chi connectivity index (χ0n) is 13.1. The first-order valence-electron chi connectivity index (χ1n) is 6.99. The number of hydrogen-bond donors (Lipinski definition) is 2. The molecule has 0 aliphatic rings. The number of aryl methyl sites for hydroxylation is 3. The van der Waals surface area contributed by atoms with E-state index in [1.54, 1.807) is 5.32 Å². The molecule has 2 aromatic heterocycles. The van der Waals surface area contributed by atoms with Crippen LogP contribution < -0.4 is 16.6 Å². The molecule has 0 radical (unpaired) electrons. The zero-order chi connectivity index (χ0) is 17.9. The molecule has 0 saturated heterocycles. The Bertz CT molecular complexity index is 870. The van der Waals surface area contributed by atoms with Gasteiger partial charge in [0, 0.05) is 11.4 Å². The second-order valence-electron chi connectivity index (χ2n) is 5.03. The van der Waals surface area contributed by atoms with Crippen LogP contribution in [0.1, 0.15) is 16.9 Å². The van der Waals surface area contributed by atoms with Crippen molar-refractivity contribution in [1.82, 2.24) is 14.9 Å². The maximum atomic E-state index is 12.4. The van der Waals surface area contributed by atoms with E-state index < -0.39 is 24.5 Å². The molecule has 0 fully saturated rings. The lowest BCUT2D eigenvalue weighted by atomic mass is 10.2. The second-order valence-corrected chi connectivity index (χ2v) is 6.23. The molecule has 0 bridgehead atoms. The molecule has 0 unspecified atom stereocenters. The van der Waals surface area contributed by atoms with Crippen molar-refractivity contribution in [3.05, 3.63) is 27.1 Å². The number of carbonyl (C=O) groups is 3. The summed E-state index contributed by atoms with van der Waals surface area (Å²) in [5, 5.41) is 2.32. The van der Waals surface area contributed by atoms with Crippen LogP contribution in [0.3, 0.4) is 0 Å². The number of rotatable bonds is 5. The smallest absolute Gasteiger partial charge is 0.318 e. The van der Waals surface area contributed by atoms with Crippen molar-refractivity contribution in [3.63, 3.8) is 0 Å². The quantitative estimate of drug-likeness (QED) is 0.739. The van der Waals surface area contributed by atoms with E-state index in [1.807, 2.05) is 13.8 Å². The summed E-state index contributed by atoms with van der Waals surface area (Å²) in [5.41, 5.74) is 5.42. The third-order valence-electron chi connectivity index (χ3n) is 3.34. The number of nitrogens with two attached hydrogens (primary N) is 1. The van der Waals surface area contributed by atoms with Crippen LogP contribution >= 0.6 is 11.3 Å². The Morgan fingerprint density at radius 1 is 1.38 bits per heavy atom. The van der Waals surface area contributed by atoms with Crippen molar-refractivity contribution in [2.45, 2.75) is 26.8 Å². The van der Waals surface area contributed by atoms with Gasteiger partial charge in [-0.05, 0) is 19.4 Å². The molecule has 128 valence electrons. The largest absolute Gasteiger partial charge is 0.456 e. The number of hydrogen-bond acceptors (Lipinski definition) is 7. The van der Waals surface area contributed by atoms with E-state index in [0.29, 0.717) is 10.2 Å². The summed E-state index contributed by atoms with van der Waals surface area (Å²) in [7, 11) is 0. The van der Waals surface area contributed by atoms with Gasteiger partial charge in [-0.15, -0.1) is 11.3 Å². The van der Waals surface area contributed by atoms with Crippen molar-refractivity contribution in [2.24, 2.45) is 5.73 Å². The van der Waals surface area contributed by atoms with Gasteiger partial charge in [0.2, 0.25) is 0 Å². The van der Waals surface area contributed by atoms with Crippen LogP contribution in [0.2, 0.25) is 0 Å². The SMILES string of the molecule is Cc1sc2ncn(CCC(=O)OCC(=O)NC(N)=O)c(=O)c2c1C. The summed E-state index contributed by atoms with van der Waals surface area (Å²) < 4.78 is 6.01. The third-order valence-corrected chi connectivity index (χ3v) is 4.45. The van der Waals surface area contributed by atoms with E-state index in [1.165, 1.54) is 22.2 Å². The molecule has 0 aromatic carbocycles. The zero-order valence-corrected chi connectivity index (χ0v) is 13.9. The molecule has 0 saturated carbocycles. The fourth-order valence-corrected chi connectivity index (χ4v) is 3.02. The number of primary amides is 1. The fraction of sp³-hybridized carbons (Fsp3) is 0.357. The number of nitrogens with one attached hydrogen (secondary N) is 1. The summed E-state index contributed by atoms with van der Waals surface area (Å²) in [4.78, 5) is 51.5. The van der Waals surface area contributed by atoms with Gasteiger partial charge in [-0.1, -0.05) is 0 Å². The van der Waals surface area contributed by atoms with Crippen molar-refractivity contribution >= 4 is 39.5 Å². The van der Waals surface area contributed by atoms with Gasteiger partial charge in [0.1, 0.15) is 4.83 Å². The molecule has 10 heteroatoms. The van der Waals surface area contributed by atoms with Gasteiger partial charge < -0.3 is 10.5 Å². The van der Waals surface area contributed by atoms with Gasteiger partial charge in [-0.2, -0.15) is 0 Å². The Hall–Kier alpha value is -2.75. The molecular formula is C14H16N4O5S. The van der Waals surface area contributed by atoms with Gasteiger partial charge in [-0.3, -0.25) is 24.3 Å². The maximum absolute atomic E-state index is 12.4. The van der Waals surface area contributed by atoms with Crippen molar-refractivity contribution in [1.29, 1.82) is 0 Å². The van der Waals surface area contributed by atoms with Gasteiger partial charge in [-0.25, -0.2) is 9.78 Å². The van der Waals surface area contributed by atoms with E-state index in [2.05, 4.69) is 9.72 Å². The van der Waals surface area contributed by atoms with Crippen LogP contribution in [0, 0.1) is 13.8 Å². The molecule has 0 atom stereocenters. The molecule has 0 aliphatic heterocycles. The molecule has 2 rings (SSSR count). The normalized spacial score (nSPS) is 10.6. The Balaban J connectivity index is 1.98. The minimum Gasteiger partial charge on any atom is -0.456 e. The first-order chi connectivity index (χ1) is 11.3. The number of amides is 3. The summed E-state index contributed by atoms with van der Waals surface area (Å²) >= 11 is 1.44. The van der Waals surface area contributed by atoms with Crippen LogP contribution in [0.5, 0.6) is 0 Å². The Labute approximate surface area is 140 Å². The Kier molecular flexibility index (Phi) is 5.29. The second kappa shape index (κ2) is 7.21. The molecule has 3 N–H and O–H groups in total. The average molecular weight is 352 g/mol. The molecular weight excluding hydrogens is 336 g/mol. The van der Waals surface area contributed by atoms with Crippen molar-refractivity contribution in [3.8, 4) is 0 Å². The molecule has 2 heterocycles. The minimum absolute atomic E-state index is 0.0758. The van der Waals surface area contributed by atoms with Gasteiger partial charge in [0.05, 0.1) is 18.1 Å². The van der Waals surface area contributed by atoms with Crippen LogP contribution in [0.4, 0.5) is 4.79 Å². The number of thiophene rings is 1. The first-order valence-corrected chi connectivity index (χ1v) is 7.81. The van der Waals surface area contributed by atoms with Crippen molar-refractivity contribution in [2.75, 3.05) is 6.61 Å². The Morgan fingerprint density at radius 3 is 2.75 bits per heavy atom. The lowest BCUT2D eigenvalue weighted by Gasteiger charge is -2.06. The molecule has 2 aromatic rings. The molecule has 9 nitrogen and oxygen atoms in total. The number of aromatic nitrogens is 2. The van der Waals surface area contributed by atoms with E-state index in [-0.39, 0.29) is 18.5 Å². The summed E-state index contributed by atoms with van der Waals surface area (Å²) in [6, 6.07) is -1.02. The average Bonchev–Trinajstić information content (AvgIpc) is 2.79. The summed E-state index contributed by atoms with van der Waals surface area (Å²) in [5.74, 6) is -1.50. The van der Waals surface area contributed by atoms with E-state index in [0.717, 1.165) is 10.4 Å². The van der Waals surface area contributed by atoms with E-state index in [4.69, 9.17) is 5.73 Å². The van der Waals surface area contributed by atoms with Crippen LogP contribution in [-0.2, 0) is 20.9 Å². The molecule has 24 heavy (non-hydrogen) atoms. The highest BCUT2D eigenvalue weighted by Crippen LogP contribution is 2.25. The minimum atomic E-state index is -1.02. The fourth-order valence-electron chi connectivity index (χ4n) is 2.03. The highest BCUT2D eigenvalue weighted by molar-refractivity contribution is 7.18. The lowest BCUT2D eigenvalue weighted by Crippen LogP contribution is -2.37. The van der Waals surface area contributed by atoms with Crippen molar-refractivity contribution < 1.29 is 19.1 Å². The molecule has 3 amide bonds. The lowest BCUT2D eigenvalue weighted by molar-refractivity contribution is -0.148. The predicted molar refractivity (Wildman–Crippen MR) is 86.7 cm³/mol.